The van der Waals surface area contributed by atoms with Crippen molar-refractivity contribution >= 4 is 43.7 Å². The number of rotatable bonds is 13. The zero-order valence-corrected chi connectivity index (χ0v) is 15.8. The molecular formula is C18H32CaO2. The van der Waals surface area contributed by atoms with E-state index in [9.17, 15) is 4.79 Å². The molecule has 0 amide bonds. The van der Waals surface area contributed by atoms with Crippen molar-refractivity contribution in [2.45, 2.75) is 71.1 Å². The number of unbranched alkanes of at least 4 members (excludes halogenated alkanes) is 9. The Bertz CT molecular complexity index is 316. The van der Waals surface area contributed by atoms with Crippen LogP contribution in [0.5, 0.6) is 0 Å². The van der Waals surface area contributed by atoms with Gasteiger partial charge in [0.05, 0.1) is 0 Å². The van der Waals surface area contributed by atoms with Gasteiger partial charge in [0.1, 0.15) is 0 Å². The summed E-state index contributed by atoms with van der Waals surface area (Å²) in [7, 11) is 0. The molecular weight excluding hydrogens is 288 g/mol. The predicted molar refractivity (Wildman–Crippen MR) is 94.9 cm³/mol. The molecule has 0 bridgehead atoms. The Balaban J connectivity index is -0.000000602. The van der Waals surface area contributed by atoms with Gasteiger partial charge in [0.2, 0.25) is 0 Å². The van der Waals surface area contributed by atoms with Gasteiger partial charge in [-0.3, -0.25) is 0 Å². The summed E-state index contributed by atoms with van der Waals surface area (Å²) in [4.78, 5) is 10.2. The first-order chi connectivity index (χ1) is 9.77. The standard InChI is InChI=1S/C18H30O2.Ca.2H/c1-2-3-4-5-6-7-8-9-10-11-12-13-14-15-16-17-18(19)20;;;/h12-17H,2-11H2,1H3,(H,19,20);;;/q;+2;2*-1. The van der Waals surface area contributed by atoms with Crippen LogP contribution in [-0.2, 0) is 4.79 Å². The number of hydrogen-bond donors (Lipinski definition) is 1. The number of carboxylic acid groups (broad SMARTS) is 1. The van der Waals surface area contributed by atoms with E-state index in [0.29, 0.717) is 0 Å². The molecule has 0 saturated carbocycles. The maximum absolute atomic E-state index is 10.2. The van der Waals surface area contributed by atoms with E-state index in [2.05, 4.69) is 13.0 Å². The maximum atomic E-state index is 10.2. The quantitative estimate of drug-likeness (QED) is 0.210. The Labute approximate surface area is 163 Å². The third-order valence-electron chi connectivity index (χ3n) is 3.18. The second kappa shape index (κ2) is 19.9. The number of carbonyl (C=O) groups is 1. The van der Waals surface area contributed by atoms with Crippen molar-refractivity contribution in [1.29, 1.82) is 0 Å². The van der Waals surface area contributed by atoms with Gasteiger partial charge in [-0.05, 0) is 12.8 Å². The van der Waals surface area contributed by atoms with Crippen LogP contribution in [0.2, 0.25) is 0 Å². The minimum absolute atomic E-state index is 0. The van der Waals surface area contributed by atoms with Crippen molar-refractivity contribution in [3.05, 3.63) is 36.5 Å². The van der Waals surface area contributed by atoms with Crippen LogP contribution >= 0.6 is 0 Å². The number of hydrogen-bond acceptors (Lipinski definition) is 1. The Morgan fingerprint density at radius 1 is 0.857 bits per heavy atom. The normalized spacial score (nSPS) is 11.5. The number of aliphatic carboxylic acids is 1. The summed E-state index contributed by atoms with van der Waals surface area (Å²) in [5.41, 5.74) is 0. The van der Waals surface area contributed by atoms with E-state index in [0.717, 1.165) is 12.5 Å². The van der Waals surface area contributed by atoms with Crippen molar-refractivity contribution in [2.24, 2.45) is 0 Å². The minimum atomic E-state index is -0.909. The number of carboxylic acids is 1. The first-order valence-electron chi connectivity index (χ1n) is 8.00. The molecule has 0 aromatic carbocycles. The maximum Gasteiger partial charge on any atom is 2.00 e. The molecule has 3 heteroatoms. The molecule has 0 rings (SSSR count). The van der Waals surface area contributed by atoms with Crippen LogP contribution in [0.1, 0.15) is 74.0 Å². The van der Waals surface area contributed by atoms with Crippen LogP contribution < -0.4 is 0 Å². The van der Waals surface area contributed by atoms with Gasteiger partial charge in [-0.25, -0.2) is 4.79 Å². The van der Waals surface area contributed by atoms with Crippen LogP contribution in [0.3, 0.4) is 0 Å². The number of allylic oxidation sites excluding steroid dienone is 5. The van der Waals surface area contributed by atoms with Crippen molar-refractivity contribution < 1.29 is 12.8 Å². The second-order valence-corrected chi connectivity index (χ2v) is 5.13. The van der Waals surface area contributed by atoms with E-state index >= 15 is 0 Å². The fourth-order valence-electron chi connectivity index (χ4n) is 2.01. The topological polar surface area (TPSA) is 37.3 Å². The summed E-state index contributed by atoms with van der Waals surface area (Å²) < 4.78 is 0. The summed E-state index contributed by atoms with van der Waals surface area (Å²) in [6, 6.07) is 0. The summed E-state index contributed by atoms with van der Waals surface area (Å²) >= 11 is 0. The molecule has 0 heterocycles. The van der Waals surface area contributed by atoms with Crippen molar-refractivity contribution in [3.63, 3.8) is 0 Å². The van der Waals surface area contributed by atoms with Gasteiger partial charge in [0, 0.05) is 6.08 Å². The molecule has 0 radical (unpaired) electrons. The zero-order chi connectivity index (χ0) is 14.9. The van der Waals surface area contributed by atoms with E-state index in [1.54, 1.807) is 6.08 Å². The molecule has 0 unspecified atom stereocenters. The van der Waals surface area contributed by atoms with Gasteiger partial charge < -0.3 is 7.96 Å². The molecule has 118 valence electrons. The van der Waals surface area contributed by atoms with Crippen molar-refractivity contribution in [3.8, 4) is 0 Å². The third-order valence-corrected chi connectivity index (χ3v) is 3.18. The minimum Gasteiger partial charge on any atom is -1.00 e. The molecule has 0 spiro atoms. The zero-order valence-electron chi connectivity index (χ0n) is 15.6. The monoisotopic (exact) mass is 320 g/mol. The molecule has 2 nitrogen and oxygen atoms in total. The van der Waals surface area contributed by atoms with Crippen LogP contribution in [0.15, 0.2) is 36.5 Å². The van der Waals surface area contributed by atoms with E-state index in [1.165, 1.54) is 63.9 Å². The summed E-state index contributed by atoms with van der Waals surface area (Å²) in [6.07, 6.45) is 23.7. The second-order valence-electron chi connectivity index (χ2n) is 5.13. The van der Waals surface area contributed by atoms with Crippen LogP contribution in [-0.4, -0.2) is 48.8 Å². The van der Waals surface area contributed by atoms with Gasteiger partial charge in [0.15, 0.2) is 0 Å². The Hall–Kier alpha value is -0.0503. The van der Waals surface area contributed by atoms with E-state index in [4.69, 9.17) is 5.11 Å². The van der Waals surface area contributed by atoms with Gasteiger partial charge in [0.25, 0.3) is 0 Å². The summed E-state index contributed by atoms with van der Waals surface area (Å²) in [5, 5.41) is 8.38. The molecule has 0 atom stereocenters. The fraction of sp³-hybridized carbons (Fsp3) is 0.611. The first-order valence-corrected chi connectivity index (χ1v) is 8.00. The average Bonchev–Trinajstić information content (AvgIpc) is 2.43. The smallest absolute Gasteiger partial charge is 1.00 e. The van der Waals surface area contributed by atoms with Gasteiger partial charge in [-0.1, -0.05) is 88.7 Å². The summed E-state index contributed by atoms with van der Waals surface area (Å²) in [6.45, 7) is 2.26. The fourth-order valence-corrected chi connectivity index (χ4v) is 2.01. The van der Waals surface area contributed by atoms with Crippen LogP contribution in [0, 0.1) is 0 Å². The molecule has 0 aromatic rings. The van der Waals surface area contributed by atoms with Gasteiger partial charge >= 0.3 is 43.7 Å². The first kappa shape index (κ1) is 23.2. The molecule has 0 saturated heterocycles. The van der Waals surface area contributed by atoms with Crippen LogP contribution in [0.25, 0.3) is 0 Å². The summed E-state index contributed by atoms with van der Waals surface area (Å²) in [5.74, 6) is -0.909. The van der Waals surface area contributed by atoms with Gasteiger partial charge in [-0.2, -0.15) is 0 Å². The van der Waals surface area contributed by atoms with Crippen LogP contribution in [0.4, 0.5) is 0 Å². The Kier molecular flexibility index (Phi) is 22.1. The molecule has 0 aliphatic carbocycles. The SMILES string of the molecule is CCCCCCCCCCCC=CC=CC=CC(=O)O.[Ca+2].[H-].[H-]. The molecule has 0 aliphatic heterocycles. The van der Waals surface area contributed by atoms with E-state index in [-0.39, 0.29) is 40.6 Å². The van der Waals surface area contributed by atoms with Crippen molar-refractivity contribution in [2.75, 3.05) is 0 Å². The van der Waals surface area contributed by atoms with Gasteiger partial charge in [-0.15, -0.1) is 0 Å². The Morgan fingerprint density at radius 2 is 1.38 bits per heavy atom. The average molecular weight is 321 g/mol. The van der Waals surface area contributed by atoms with Crippen molar-refractivity contribution in [1.82, 2.24) is 0 Å². The van der Waals surface area contributed by atoms with E-state index < -0.39 is 5.97 Å². The molecule has 0 fully saturated rings. The predicted octanol–water partition coefficient (Wildman–Crippen LogP) is 5.50. The largest absolute Gasteiger partial charge is 2.00 e. The molecule has 0 aromatic heterocycles. The molecule has 0 aliphatic rings. The van der Waals surface area contributed by atoms with E-state index in [1.807, 2.05) is 12.2 Å². The molecule has 21 heavy (non-hydrogen) atoms. The molecule has 1 N–H and O–H groups in total. The third kappa shape index (κ3) is 22.4. The Morgan fingerprint density at radius 3 is 1.95 bits per heavy atom.